The van der Waals surface area contributed by atoms with Crippen LogP contribution in [0.5, 0.6) is 5.75 Å². The molecule has 0 radical (unpaired) electrons. The molecule has 2 aromatic rings. The Bertz CT molecular complexity index is 941. The zero-order valence-electron chi connectivity index (χ0n) is 17.5. The summed E-state index contributed by atoms with van der Waals surface area (Å²) in [5.41, 5.74) is 8.00. The van der Waals surface area contributed by atoms with Crippen LogP contribution in [0, 0.1) is 11.8 Å². The van der Waals surface area contributed by atoms with Gasteiger partial charge in [-0.15, -0.1) is 0 Å². The highest BCUT2D eigenvalue weighted by atomic mass is 19.3. The molecule has 2 aromatic heterocycles. The van der Waals surface area contributed by atoms with Crippen LogP contribution in [-0.2, 0) is 11.2 Å². The summed E-state index contributed by atoms with van der Waals surface area (Å²) in [5.74, 6) is 2.30. The Morgan fingerprint density at radius 1 is 1.19 bits per heavy atom. The Labute approximate surface area is 180 Å². The fourth-order valence-electron chi connectivity index (χ4n) is 5.27. The third-order valence-electron chi connectivity index (χ3n) is 6.83. The number of alkyl halides is 2. The summed E-state index contributed by atoms with van der Waals surface area (Å²) in [6.07, 6.45) is 4.64. The molecule has 5 rings (SSSR count). The van der Waals surface area contributed by atoms with Gasteiger partial charge in [-0.25, -0.2) is 15.0 Å². The van der Waals surface area contributed by atoms with E-state index in [4.69, 9.17) is 15.5 Å². The predicted molar refractivity (Wildman–Crippen MR) is 111 cm³/mol. The Hall–Kier alpha value is -2.39. The van der Waals surface area contributed by atoms with E-state index in [1.807, 2.05) is 13.0 Å². The number of nitrogen functional groups attached to an aromatic ring is 1. The van der Waals surface area contributed by atoms with Crippen molar-refractivity contribution in [1.82, 2.24) is 19.9 Å². The van der Waals surface area contributed by atoms with Crippen LogP contribution in [0.1, 0.15) is 37.2 Å². The Balaban J connectivity index is 1.36. The molecule has 1 unspecified atom stereocenters. The summed E-state index contributed by atoms with van der Waals surface area (Å²) in [4.78, 5) is 16.0. The number of nitrogens with two attached hydrogens (primary N) is 1. The van der Waals surface area contributed by atoms with Crippen LogP contribution in [-0.4, -0.2) is 58.8 Å². The molecule has 3 fully saturated rings. The number of nitrogens with zero attached hydrogens (tertiary/aromatic N) is 4. The number of fused-ring (bicyclic) bond motifs is 1. The number of halogens is 2. The van der Waals surface area contributed by atoms with Crippen molar-refractivity contribution in [3.8, 4) is 17.0 Å². The Morgan fingerprint density at radius 2 is 1.94 bits per heavy atom. The van der Waals surface area contributed by atoms with E-state index < -0.39 is 6.61 Å². The average Bonchev–Trinajstić information content (AvgIpc) is 3.28. The van der Waals surface area contributed by atoms with Crippen molar-refractivity contribution in [3.63, 3.8) is 0 Å². The van der Waals surface area contributed by atoms with Crippen molar-refractivity contribution >= 4 is 5.82 Å². The minimum atomic E-state index is -2.96. The van der Waals surface area contributed by atoms with Gasteiger partial charge in [0, 0.05) is 48.9 Å². The molecule has 0 bridgehead atoms. The molecule has 7 nitrogen and oxygen atoms in total. The molecule has 4 atom stereocenters. The molecule has 2 aliphatic carbocycles. The highest BCUT2D eigenvalue weighted by Crippen LogP contribution is 2.63. The second-order valence-electron chi connectivity index (χ2n) is 8.56. The first-order valence-electron chi connectivity index (χ1n) is 10.9. The van der Waals surface area contributed by atoms with Gasteiger partial charge in [0.1, 0.15) is 5.82 Å². The van der Waals surface area contributed by atoms with E-state index >= 15 is 0 Å². The molecule has 166 valence electrons. The van der Waals surface area contributed by atoms with Crippen molar-refractivity contribution in [2.24, 2.45) is 11.8 Å². The lowest BCUT2D eigenvalue weighted by molar-refractivity contribution is -0.0494. The Morgan fingerprint density at radius 3 is 2.61 bits per heavy atom. The van der Waals surface area contributed by atoms with Gasteiger partial charge in [-0.3, -0.25) is 4.90 Å². The number of ether oxygens (including phenoxy) is 2. The van der Waals surface area contributed by atoms with E-state index in [0.717, 1.165) is 37.8 Å². The summed E-state index contributed by atoms with van der Waals surface area (Å²) in [5, 5.41) is 0. The van der Waals surface area contributed by atoms with Gasteiger partial charge in [-0.05, 0) is 36.8 Å². The van der Waals surface area contributed by atoms with Crippen LogP contribution >= 0.6 is 0 Å². The molecule has 31 heavy (non-hydrogen) atoms. The predicted octanol–water partition coefficient (Wildman–Crippen LogP) is 3.11. The molecular formula is C22H27F2N5O2. The van der Waals surface area contributed by atoms with Gasteiger partial charge in [0.05, 0.1) is 18.9 Å². The first-order valence-corrected chi connectivity index (χ1v) is 10.9. The van der Waals surface area contributed by atoms with E-state index in [9.17, 15) is 8.78 Å². The molecular weight excluding hydrogens is 404 g/mol. The SMILES string of the molecule is CCc1nc(-c2cnc(N)c(OC(F)F)c2)cc([C@H]2[C@@H]3CC(N4CCOCC4)C[C@@H]32)n1. The van der Waals surface area contributed by atoms with Crippen LogP contribution < -0.4 is 10.5 Å². The summed E-state index contributed by atoms with van der Waals surface area (Å²) in [7, 11) is 0. The fraction of sp³-hybridized carbons (Fsp3) is 0.591. The lowest BCUT2D eigenvalue weighted by atomic mass is 10.0. The number of aromatic nitrogens is 3. The normalized spacial score (nSPS) is 28.0. The van der Waals surface area contributed by atoms with Gasteiger partial charge in [-0.2, -0.15) is 8.78 Å². The first kappa shape index (κ1) is 20.5. The number of rotatable bonds is 6. The molecule has 2 N–H and O–H groups in total. The van der Waals surface area contributed by atoms with Crippen LogP contribution in [0.15, 0.2) is 18.3 Å². The maximum atomic E-state index is 12.7. The molecule has 3 heterocycles. The number of hydrogen-bond acceptors (Lipinski definition) is 7. The van der Waals surface area contributed by atoms with E-state index in [1.54, 1.807) is 6.20 Å². The molecule has 0 spiro atoms. The fourth-order valence-corrected chi connectivity index (χ4v) is 5.27. The summed E-state index contributed by atoms with van der Waals surface area (Å²) in [6.45, 7) is 2.77. The minimum absolute atomic E-state index is 0.0695. The summed E-state index contributed by atoms with van der Waals surface area (Å²) >= 11 is 0. The van der Waals surface area contributed by atoms with Crippen LogP contribution in [0.2, 0.25) is 0 Å². The monoisotopic (exact) mass is 431 g/mol. The summed E-state index contributed by atoms with van der Waals surface area (Å²) < 4.78 is 35.4. The van der Waals surface area contributed by atoms with Crippen LogP contribution in [0.4, 0.5) is 14.6 Å². The van der Waals surface area contributed by atoms with Crippen molar-refractivity contribution in [1.29, 1.82) is 0 Å². The van der Waals surface area contributed by atoms with Gasteiger partial charge in [-0.1, -0.05) is 6.92 Å². The zero-order chi connectivity index (χ0) is 21.5. The number of anilines is 1. The molecule has 3 aliphatic rings. The number of hydrogen-bond donors (Lipinski definition) is 1. The van der Waals surface area contributed by atoms with Gasteiger partial charge in [0.15, 0.2) is 11.6 Å². The van der Waals surface area contributed by atoms with E-state index in [2.05, 4.69) is 19.6 Å². The zero-order valence-corrected chi connectivity index (χ0v) is 17.5. The number of morpholine rings is 1. The van der Waals surface area contributed by atoms with Crippen LogP contribution in [0.25, 0.3) is 11.3 Å². The maximum Gasteiger partial charge on any atom is 0.387 e. The van der Waals surface area contributed by atoms with Crippen molar-refractivity contribution in [3.05, 3.63) is 29.8 Å². The third kappa shape index (κ3) is 4.08. The quantitative estimate of drug-likeness (QED) is 0.752. The number of aryl methyl sites for hydroxylation is 1. The second-order valence-corrected chi connectivity index (χ2v) is 8.56. The Kier molecular flexibility index (Phi) is 5.47. The van der Waals surface area contributed by atoms with Crippen molar-refractivity contribution < 1.29 is 18.3 Å². The third-order valence-corrected chi connectivity index (χ3v) is 6.83. The van der Waals surface area contributed by atoms with Gasteiger partial charge in [0.2, 0.25) is 0 Å². The summed E-state index contributed by atoms with van der Waals surface area (Å²) in [6, 6.07) is 4.10. The topological polar surface area (TPSA) is 86.4 Å². The van der Waals surface area contributed by atoms with Crippen molar-refractivity contribution in [2.45, 2.75) is 44.8 Å². The molecule has 0 amide bonds. The molecule has 9 heteroatoms. The largest absolute Gasteiger partial charge is 0.431 e. The van der Waals surface area contributed by atoms with Gasteiger partial charge >= 0.3 is 6.61 Å². The van der Waals surface area contributed by atoms with Gasteiger partial charge < -0.3 is 15.2 Å². The highest BCUT2D eigenvalue weighted by molar-refractivity contribution is 5.64. The van der Waals surface area contributed by atoms with E-state index in [-0.39, 0.29) is 11.6 Å². The average molecular weight is 431 g/mol. The molecule has 0 aromatic carbocycles. The molecule has 1 aliphatic heterocycles. The lowest BCUT2D eigenvalue weighted by Crippen LogP contribution is -2.43. The first-order chi connectivity index (χ1) is 15.0. The number of pyridine rings is 1. The minimum Gasteiger partial charge on any atom is -0.431 e. The second kappa shape index (κ2) is 8.27. The smallest absolute Gasteiger partial charge is 0.387 e. The standard InChI is InChI=1S/C22H27F2N5O2/c1-2-19-27-16(12-7-18(31-22(23)24)21(25)26-11-12)10-17(28-19)20-14-8-13(9-15(14)20)29-3-5-30-6-4-29/h7,10-11,13-15,20,22H,2-6,8-9H2,1H3,(H2,25,26)/t13?,14-,15+,20+. The van der Waals surface area contributed by atoms with E-state index in [0.29, 0.717) is 41.5 Å². The van der Waals surface area contributed by atoms with E-state index in [1.165, 1.54) is 18.9 Å². The molecule has 2 saturated carbocycles. The maximum absolute atomic E-state index is 12.7. The van der Waals surface area contributed by atoms with Gasteiger partial charge in [0.25, 0.3) is 0 Å². The van der Waals surface area contributed by atoms with Crippen molar-refractivity contribution in [2.75, 3.05) is 32.0 Å². The highest BCUT2D eigenvalue weighted by Gasteiger charge is 2.58. The van der Waals surface area contributed by atoms with Crippen LogP contribution in [0.3, 0.4) is 0 Å². The lowest BCUT2D eigenvalue weighted by Gasteiger charge is -2.33. The molecule has 1 saturated heterocycles.